The summed E-state index contributed by atoms with van der Waals surface area (Å²) in [6, 6.07) is 3.50. The predicted octanol–water partition coefficient (Wildman–Crippen LogP) is 1.99. The molecule has 1 heterocycles. The summed E-state index contributed by atoms with van der Waals surface area (Å²) in [5, 5.41) is 1.30. The van der Waals surface area contributed by atoms with Gasteiger partial charge in [-0.15, -0.1) is 0 Å². The van der Waals surface area contributed by atoms with Crippen molar-refractivity contribution in [2.24, 2.45) is 0 Å². The molecule has 1 aromatic carbocycles. The van der Waals surface area contributed by atoms with E-state index in [0.29, 0.717) is 10.0 Å². The topological polar surface area (TPSA) is 25.8 Å². The molecule has 0 saturated heterocycles. The summed E-state index contributed by atoms with van der Waals surface area (Å²) in [4.78, 5) is 0. The first-order chi connectivity index (χ1) is 5.29. The van der Waals surface area contributed by atoms with Gasteiger partial charge in [0.2, 0.25) is 0 Å². The Balaban J connectivity index is 2.96. The van der Waals surface area contributed by atoms with Crippen LogP contribution in [0.3, 0.4) is 0 Å². The normalized spacial score (nSPS) is 10.7. The van der Waals surface area contributed by atoms with Gasteiger partial charge in [0.1, 0.15) is 0 Å². The van der Waals surface area contributed by atoms with E-state index in [1.807, 2.05) is 0 Å². The summed E-state index contributed by atoms with van der Waals surface area (Å²) >= 11 is 11.1. The average Bonchev–Trinajstić information content (AvgIpc) is 2.45. The molecule has 0 spiro atoms. The molecule has 0 bridgehead atoms. The Hall–Kier alpha value is 0.190. The number of fused-ring (bicyclic) bond motifs is 1. The number of nitrogens with zero attached hydrogens (tertiary/aromatic N) is 2. The standard InChI is InChI=1S/C6H2Cl2N2Te/c7-3-1-2-4(8)6-5(3)9-11-10-6/h1-2H. The molecule has 0 amide bonds. The Morgan fingerprint density at radius 1 is 1.00 bits per heavy atom. The van der Waals surface area contributed by atoms with Gasteiger partial charge in [0, 0.05) is 0 Å². The number of rotatable bonds is 0. The second kappa shape index (κ2) is 2.91. The Morgan fingerprint density at radius 3 is 1.91 bits per heavy atom. The molecule has 0 atom stereocenters. The second-order valence-corrected chi connectivity index (χ2v) is 4.31. The van der Waals surface area contributed by atoms with Crippen LogP contribution in [-0.4, -0.2) is 27.4 Å². The van der Waals surface area contributed by atoms with Gasteiger partial charge in [-0.2, -0.15) is 0 Å². The van der Waals surface area contributed by atoms with Crippen molar-refractivity contribution in [3.8, 4) is 0 Å². The number of hydrogen-bond donors (Lipinski definition) is 0. The van der Waals surface area contributed by atoms with Gasteiger partial charge in [0.15, 0.2) is 0 Å². The van der Waals surface area contributed by atoms with Crippen molar-refractivity contribution in [1.82, 2.24) is 6.41 Å². The third-order valence-electron chi connectivity index (χ3n) is 1.32. The van der Waals surface area contributed by atoms with Gasteiger partial charge >= 0.3 is 83.8 Å². The van der Waals surface area contributed by atoms with Crippen molar-refractivity contribution < 1.29 is 0 Å². The zero-order valence-electron chi connectivity index (χ0n) is 5.21. The summed E-state index contributed by atoms with van der Waals surface area (Å²) in [6.45, 7) is 0. The van der Waals surface area contributed by atoms with Crippen molar-refractivity contribution in [2.45, 2.75) is 0 Å². The molecular weight excluding hydrogens is 299 g/mol. The van der Waals surface area contributed by atoms with E-state index < -0.39 is 21.0 Å². The van der Waals surface area contributed by atoms with Gasteiger partial charge in [-0.1, -0.05) is 0 Å². The van der Waals surface area contributed by atoms with Crippen LogP contribution < -0.4 is 0 Å². The first-order valence-electron chi connectivity index (χ1n) is 2.85. The van der Waals surface area contributed by atoms with E-state index in [9.17, 15) is 0 Å². The van der Waals surface area contributed by atoms with E-state index in [1.54, 1.807) is 12.1 Å². The van der Waals surface area contributed by atoms with Gasteiger partial charge in [0.25, 0.3) is 0 Å². The van der Waals surface area contributed by atoms with Gasteiger partial charge in [-0.3, -0.25) is 0 Å². The molecule has 0 saturated carbocycles. The van der Waals surface area contributed by atoms with E-state index in [2.05, 4.69) is 6.41 Å². The summed E-state index contributed by atoms with van der Waals surface area (Å²) in [5.74, 6) is 0. The minimum atomic E-state index is -0.601. The van der Waals surface area contributed by atoms with E-state index in [0.717, 1.165) is 11.0 Å². The predicted molar refractivity (Wildman–Crippen MR) is 46.5 cm³/mol. The second-order valence-electron chi connectivity index (χ2n) is 1.99. The Morgan fingerprint density at radius 2 is 1.45 bits per heavy atom. The van der Waals surface area contributed by atoms with Crippen LogP contribution in [0.25, 0.3) is 11.0 Å². The minimum absolute atomic E-state index is 0.601. The molecule has 0 aliphatic rings. The molecule has 0 aliphatic heterocycles. The monoisotopic (exact) mass is 302 g/mol. The van der Waals surface area contributed by atoms with Crippen LogP contribution in [0.2, 0.25) is 10.0 Å². The number of halogens is 2. The van der Waals surface area contributed by atoms with Crippen molar-refractivity contribution in [3.63, 3.8) is 0 Å². The molecular formula is C6H2Cl2N2Te. The molecule has 2 rings (SSSR count). The van der Waals surface area contributed by atoms with Crippen LogP contribution in [0.4, 0.5) is 0 Å². The molecule has 0 aliphatic carbocycles. The molecule has 5 heteroatoms. The van der Waals surface area contributed by atoms with Crippen molar-refractivity contribution in [3.05, 3.63) is 22.2 Å². The summed E-state index contributed by atoms with van der Waals surface area (Å²) in [6.07, 6.45) is 0. The zero-order valence-corrected chi connectivity index (χ0v) is 9.06. The van der Waals surface area contributed by atoms with Crippen LogP contribution in [-0.2, 0) is 0 Å². The molecule has 0 fully saturated rings. The fourth-order valence-corrected chi connectivity index (χ4v) is 3.15. The third-order valence-corrected chi connectivity index (χ3v) is 3.44. The first-order valence-corrected chi connectivity index (χ1v) is 5.69. The van der Waals surface area contributed by atoms with E-state index in [1.165, 1.54) is 0 Å². The average molecular weight is 301 g/mol. The van der Waals surface area contributed by atoms with E-state index in [-0.39, 0.29) is 0 Å². The Bertz CT molecular complexity index is 362. The van der Waals surface area contributed by atoms with Crippen LogP contribution in [0.5, 0.6) is 0 Å². The summed E-state index contributed by atoms with van der Waals surface area (Å²) in [7, 11) is 0. The van der Waals surface area contributed by atoms with E-state index in [4.69, 9.17) is 23.2 Å². The third kappa shape index (κ3) is 1.27. The molecule has 0 radical (unpaired) electrons. The van der Waals surface area contributed by atoms with Crippen LogP contribution in [0.1, 0.15) is 0 Å². The Kier molecular flexibility index (Phi) is 2.07. The quantitative estimate of drug-likeness (QED) is 0.696. The van der Waals surface area contributed by atoms with Crippen LogP contribution in [0.15, 0.2) is 12.1 Å². The fourth-order valence-electron chi connectivity index (χ4n) is 0.806. The summed E-state index contributed by atoms with van der Waals surface area (Å²) < 4.78 is 8.41. The molecule has 56 valence electrons. The summed E-state index contributed by atoms with van der Waals surface area (Å²) in [5.41, 5.74) is 1.56. The van der Waals surface area contributed by atoms with Crippen LogP contribution >= 0.6 is 23.2 Å². The fraction of sp³-hybridized carbons (Fsp3) is 0. The van der Waals surface area contributed by atoms with Gasteiger partial charge in [0.05, 0.1) is 0 Å². The van der Waals surface area contributed by atoms with Gasteiger partial charge in [-0.25, -0.2) is 0 Å². The number of aromatic nitrogens is 2. The molecule has 2 nitrogen and oxygen atoms in total. The molecule has 11 heavy (non-hydrogen) atoms. The number of hydrogen-bond acceptors (Lipinski definition) is 2. The number of benzene rings is 1. The molecule has 0 unspecified atom stereocenters. The molecule has 0 N–H and O–H groups in total. The van der Waals surface area contributed by atoms with Crippen molar-refractivity contribution in [2.75, 3.05) is 0 Å². The maximum absolute atomic E-state index is 5.85. The molecule has 2 aromatic rings. The first kappa shape index (κ1) is 7.82. The molecule has 1 aromatic heterocycles. The zero-order chi connectivity index (χ0) is 7.84. The van der Waals surface area contributed by atoms with Gasteiger partial charge in [-0.05, 0) is 0 Å². The SMILES string of the molecule is Clc1ccc(Cl)c2n[te]nc12. The van der Waals surface area contributed by atoms with Gasteiger partial charge < -0.3 is 0 Å². The van der Waals surface area contributed by atoms with Crippen molar-refractivity contribution in [1.29, 1.82) is 0 Å². The Labute approximate surface area is 83.5 Å². The maximum atomic E-state index is 5.85. The van der Waals surface area contributed by atoms with E-state index >= 15 is 0 Å². The van der Waals surface area contributed by atoms with Crippen molar-refractivity contribution >= 4 is 55.2 Å². The van der Waals surface area contributed by atoms with Crippen LogP contribution in [0, 0.1) is 0 Å².